The number of amides is 1. The molecule has 1 amide bonds. The minimum Gasteiger partial charge on any atom is -0.480 e. The van der Waals surface area contributed by atoms with Crippen LogP contribution in [0.1, 0.15) is 22.0 Å². The molecule has 5 heteroatoms. The van der Waals surface area contributed by atoms with Gasteiger partial charge >= 0.3 is 0 Å². The maximum atomic E-state index is 13.1. The SMILES string of the molecule is COc1ncccc1C(=O)N1CCN(C)CC1c1ccccc1. The molecule has 2 heterocycles. The summed E-state index contributed by atoms with van der Waals surface area (Å²) in [5, 5.41) is 0. The van der Waals surface area contributed by atoms with Crippen LogP contribution in [-0.4, -0.2) is 54.5 Å². The number of pyridine rings is 1. The minimum atomic E-state index is -0.0306. The third-order valence-electron chi connectivity index (χ3n) is 4.22. The van der Waals surface area contributed by atoms with E-state index in [2.05, 4.69) is 29.1 Å². The number of carbonyl (C=O) groups excluding carboxylic acids is 1. The van der Waals surface area contributed by atoms with E-state index in [0.717, 1.165) is 18.7 Å². The van der Waals surface area contributed by atoms with Crippen LogP contribution in [0.2, 0.25) is 0 Å². The molecule has 0 spiro atoms. The van der Waals surface area contributed by atoms with Crippen LogP contribution in [0, 0.1) is 0 Å². The topological polar surface area (TPSA) is 45.7 Å². The van der Waals surface area contributed by atoms with Gasteiger partial charge in [-0.3, -0.25) is 4.79 Å². The summed E-state index contributed by atoms with van der Waals surface area (Å²) in [6.07, 6.45) is 1.63. The maximum absolute atomic E-state index is 13.1. The Morgan fingerprint density at radius 3 is 2.70 bits per heavy atom. The molecule has 2 aromatic rings. The number of nitrogens with zero attached hydrogens (tertiary/aromatic N) is 3. The number of ether oxygens (including phenoxy) is 1. The van der Waals surface area contributed by atoms with Crippen molar-refractivity contribution in [3.05, 3.63) is 59.8 Å². The van der Waals surface area contributed by atoms with Crippen LogP contribution in [0.15, 0.2) is 48.7 Å². The maximum Gasteiger partial charge on any atom is 0.259 e. The van der Waals surface area contributed by atoms with Gasteiger partial charge in [0.15, 0.2) is 0 Å². The summed E-state index contributed by atoms with van der Waals surface area (Å²) in [6.45, 7) is 2.36. The van der Waals surface area contributed by atoms with Gasteiger partial charge in [0.1, 0.15) is 5.56 Å². The van der Waals surface area contributed by atoms with E-state index in [1.807, 2.05) is 23.1 Å². The number of likely N-dealkylation sites (N-methyl/N-ethyl adjacent to an activating group) is 1. The molecule has 120 valence electrons. The molecule has 0 radical (unpaired) electrons. The van der Waals surface area contributed by atoms with Gasteiger partial charge in [-0.2, -0.15) is 0 Å². The van der Waals surface area contributed by atoms with Gasteiger partial charge in [0, 0.05) is 25.8 Å². The Balaban J connectivity index is 1.94. The van der Waals surface area contributed by atoms with Crippen molar-refractivity contribution in [2.45, 2.75) is 6.04 Å². The second kappa shape index (κ2) is 6.79. The zero-order chi connectivity index (χ0) is 16.2. The zero-order valence-electron chi connectivity index (χ0n) is 13.5. The molecule has 1 aromatic carbocycles. The smallest absolute Gasteiger partial charge is 0.259 e. The average molecular weight is 311 g/mol. The predicted octanol–water partition coefficient (Wildman–Crippen LogP) is 2.22. The number of aromatic nitrogens is 1. The molecule has 1 unspecified atom stereocenters. The van der Waals surface area contributed by atoms with E-state index in [0.29, 0.717) is 18.0 Å². The molecule has 0 bridgehead atoms. The molecule has 0 aliphatic carbocycles. The van der Waals surface area contributed by atoms with Crippen molar-refractivity contribution in [2.24, 2.45) is 0 Å². The highest BCUT2D eigenvalue weighted by atomic mass is 16.5. The molecule has 1 saturated heterocycles. The van der Waals surface area contributed by atoms with Crippen LogP contribution in [0.5, 0.6) is 5.88 Å². The Hall–Kier alpha value is -2.40. The summed E-state index contributed by atoms with van der Waals surface area (Å²) < 4.78 is 5.25. The number of hydrogen-bond donors (Lipinski definition) is 0. The summed E-state index contributed by atoms with van der Waals surface area (Å²) in [6, 6.07) is 13.7. The molecule has 3 rings (SSSR count). The Morgan fingerprint density at radius 2 is 1.96 bits per heavy atom. The van der Waals surface area contributed by atoms with Gasteiger partial charge in [-0.1, -0.05) is 30.3 Å². The van der Waals surface area contributed by atoms with Crippen LogP contribution in [0.25, 0.3) is 0 Å². The van der Waals surface area contributed by atoms with Crippen molar-refractivity contribution in [1.29, 1.82) is 0 Å². The molecule has 1 aliphatic heterocycles. The number of piperazine rings is 1. The van der Waals surface area contributed by atoms with Crippen LogP contribution >= 0.6 is 0 Å². The number of rotatable bonds is 3. The normalized spacial score (nSPS) is 18.7. The molecule has 1 fully saturated rings. The Bertz CT molecular complexity index is 675. The fraction of sp³-hybridized carbons (Fsp3) is 0.333. The number of hydrogen-bond acceptors (Lipinski definition) is 4. The van der Waals surface area contributed by atoms with Crippen LogP contribution in [-0.2, 0) is 0 Å². The van der Waals surface area contributed by atoms with Gasteiger partial charge in [-0.25, -0.2) is 4.98 Å². The second-order valence-corrected chi connectivity index (χ2v) is 5.75. The molecule has 0 N–H and O–H groups in total. The zero-order valence-corrected chi connectivity index (χ0v) is 13.5. The van der Waals surface area contributed by atoms with Gasteiger partial charge in [0.05, 0.1) is 13.2 Å². The largest absolute Gasteiger partial charge is 0.480 e. The van der Waals surface area contributed by atoms with Gasteiger partial charge in [0.25, 0.3) is 5.91 Å². The van der Waals surface area contributed by atoms with Crippen molar-refractivity contribution in [3.8, 4) is 5.88 Å². The summed E-state index contributed by atoms with van der Waals surface area (Å²) >= 11 is 0. The Kier molecular flexibility index (Phi) is 4.57. The fourth-order valence-electron chi connectivity index (χ4n) is 2.99. The summed E-state index contributed by atoms with van der Waals surface area (Å²) in [5.74, 6) is 0.347. The summed E-state index contributed by atoms with van der Waals surface area (Å²) in [4.78, 5) is 21.4. The number of benzene rings is 1. The van der Waals surface area contributed by atoms with Gasteiger partial charge in [0.2, 0.25) is 5.88 Å². The van der Waals surface area contributed by atoms with E-state index in [1.165, 1.54) is 7.11 Å². The lowest BCUT2D eigenvalue weighted by Gasteiger charge is -2.40. The molecule has 23 heavy (non-hydrogen) atoms. The molecule has 1 aromatic heterocycles. The van der Waals surface area contributed by atoms with E-state index < -0.39 is 0 Å². The monoisotopic (exact) mass is 311 g/mol. The van der Waals surface area contributed by atoms with E-state index in [9.17, 15) is 4.79 Å². The van der Waals surface area contributed by atoms with Gasteiger partial charge < -0.3 is 14.5 Å². The van der Waals surface area contributed by atoms with E-state index in [1.54, 1.807) is 18.3 Å². The van der Waals surface area contributed by atoms with Crippen molar-refractivity contribution >= 4 is 5.91 Å². The standard InChI is InChI=1S/C18H21N3O2/c1-20-11-12-21(16(13-20)14-7-4-3-5-8-14)18(22)15-9-6-10-19-17(15)23-2/h3-10,16H,11-13H2,1-2H3. The molecular formula is C18H21N3O2. The van der Waals surface area contributed by atoms with Crippen molar-refractivity contribution < 1.29 is 9.53 Å². The van der Waals surface area contributed by atoms with Crippen LogP contribution < -0.4 is 4.74 Å². The molecule has 0 saturated carbocycles. The first-order chi connectivity index (χ1) is 11.2. The molecule has 5 nitrogen and oxygen atoms in total. The van der Waals surface area contributed by atoms with E-state index in [-0.39, 0.29) is 11.9 Å². The van der Waals surface area contributed by atoms with Gasteiger partial charge in [-0.15, -0.1) is 0 Å². The first-order valence-corrected chi connectivity index (χ1v) is 7.74. The third kappa shape index (κ3) is 3.19. The fourth-order valence-corrected chi connectivity index (χ4v) is 2.99. The van der Waals surface area contributed by atoms with E-state index in [4.69, 9.17) is 4.74 Å². The lowest BCUT2D eigenvalue weighted by molar-refractivity contribution is 0.0494. The van der Waals surface area contributed by atoms with Crippen LogP contribution in [0.4, 0.5) is 0 Å². The van der Waals surface area contributed by atoms with Crippen molar-refractivity contribution in [1.82, 2.24) is 14.8 Å². The first kappa shape index (κ1) is 15.5. The number of methoxy groups -OCH3 is 1. The highest BCUT2D eigenvalue weighted by Crippen LogP contribution is 2.28. The second-order valence-electron chi connectivity index (χ2n) is 5.75. The molecular weight excluding hydrogens is 290 g/mol. The predicted molar refractivity (Wildman–Crippen MR) is 88.5 cm³/mol. The third-order valence-corrected chi connectivity index (χ3v) is 4.22. The number of carbonyl (C=O) groups is 1. The van der Waals surface area contributed by atoms with Crippen LogP contribution in [0.3, 0.4) is 0 Å². The van der Waals surface area contributed by atoms with Crippen molar-refractivity contribution in [3.63, 3.8) is 0 Å². The van der Waals surface area contributed by atoms with Crippen molar-refractivity contribution in [2.75, 3.05) is 33.8 Å². The lowest BCUT2D eigenvalue weighted by Crippen LogP contribution is -2.49. The minimum absolute atomic E-state index is 0.0306. The van der Waals surface area contributed by atoms with E-state index >= 15 is 0 Å². The Morgan fingerprint density at radius 1 is 1.17 bits per heavy atom. The molecule has 1 atom stereocenters. The Labute approximate surface area is 136 Å². The lowest BCUT2D eigenvalue weighted by atomic mass is 10.0. The summed E-state index contributed by atoms with van der Waals surface area (Å²) in [5.41, 5.74) is 1.66. The van der Waals surface area contributed by atoms with Gasteiger partial charge in [-0.05, 0) is 24.7 Å². The summed E-state index contributed by atoms with van der Waals surface area (Å²) in [7, 11) is 3.63. The highest BCUT2D eigenvalue weighted by molar-refractivity contribution is 5.96. The highest BCUT2D eigenvalue weighted by Gasteiger charge is 2.32. The quantitative estimate of drug-likeness (QED) is 0.872. The average Bonchev–Trinajstić information content (AvgIpc) is 2.61. The first-order valence-electron chi connectivity index (χ1n) is 7.74. The molecule has 1 aliphatic rings.